The summed E-state index contributed by atoms with van der Waals surface area (Å²) in [6.45, 7) is 0. The molecule has 0 amide bonds. The number of halogens is 1. The number of nitrogens with one attached hydrogen (secondary N) is 1. The minimum atomic E-state index is -0.0538. The zero-order valence-corrected chi connectivity index (χ0v) is 11.9. The van der Waals surface area contributed by atoms with Crippen molar-refractivity contribution in [3.8, 4) is 0 Å². The number of hydrogen-bond donors (Lipinski definition) is 2. The van der Waals surface area contributed by atoms with E-state index >= 15 is 0 Å². The van der Waals surface area contributed by atoms with Gasteiger partial charge in [0.1, 0.15) is 0 Å². The largest absolute Gasteiger partial charge is 0.387 e. The van der Waals surface area contributed by atoms with Gasteiger partial charge < -0.3 is 5.73 Å². The van der Waals surface area contributed by atoms with E-state index < -0.39 is 0 Å². The van der Waals surface area contributed by atoms with Gasteiger partial charge in [0.05, 0.1) is 11.8 Å². The van der Waals surface area contributed by atoms with Crippen molar-refractivity contribution >= 4 is 29.2 Å². The predicted octanol–water partition coefficient (Wildman–Crippen LogP) is 4.15. The summed E-state index contributed by atoms with van der Waals surface area (Å²) in [7, 11) is 0. The minimum absolute atomic E-state index is 0.0538. The molecule has 2 aromatic rings. The van der Waals surface area contributed by atoms with Gasteiger partial charge in [-0.3, -0.25) is 5.41 Å². The van der Waals surface area contributed by atoms with Crippen LogP contribution in [0.5, 0.6) is 0 Å². The first kappa shape index (κ1) is 14.0. The molecule has 0 aliphatic rings. The Hall–Kier alpha value is -1.45. The topological polar surface area (TPSA) is 49.9 Å². The molecule has 0 heterocycles. The summed E-state index contributed by atoms with van der Waals surface area (Å²) in [5.74, 6) is 0.899. The normalized spacial score (nSPS) is 12.1. The highest BCUT2D eigenvalue weighted by molar-refractivity contribution is 7.99. The third-order valence-corrected chi connectivity index (χ3v) is 4.17. The van der Waals surface area contributed by atoms with Crippen molar-refractivity contribution in [3.05, 3.63) is 65.2 Å². The Bertz CT molecular complexity index is 540. The average molecular weight is 291 g/mol. The van der Waals surface area contributed by atoms with Gasteiger partial charge in [-0.15, -0.1) is 11.8 Å². The van der Waals surface area contributed by atoms with Crippen LogP contribution in [0.4, 0.5) is 0 Å². The SMILES string of the molecule is N=C(N)C(CSc1ccc(Cl)cc1)c1ccccc1. The number of amidine groups is 1. The lowest BCUT2D eigenvalue weighted by molar-refractivity contribution is 1.01. The Morgan fingerprint density at radius 1 is 1.11 bits per heavy atom. The van der Waals surface area contributed by atoms with E-state index in [0.717, 1.165) is 21.2 Å². The maximum Gasteiger partial charge on any atom is 0.0990 e. The van der Waals surface area contributed by atoms with E-state index in [1.165, 1.54) is 0 Å². The zero-order valence-electron chi connectivity index (χ0n) is 10.3. The first-order valence-corrected chi connectivity index (χ1v) is 7.30. The van der Waals surface area contributed by atoms with Crippen molar-refractivity contribution in [2.75, 3.05) is 5.75 Å². The number of hydrogen-bond acceptors (Lipinski definition) is 2. The molecular formula is C15H15ClN2S. The molecule has 0 aliphatic carbocycles. The Labute approximate surface area is 122 Å². The van der Waals surface area contributed by atoms with E-state index in [1.54, 1.807) is 11.8 Å². The Kier molecular flexibility index (Phi) is 4.88. The summed E-state index contributed by atoms with van der Waals surface area (Å²) in [6, 6.07) is 17.6. The van der Waals surface area contributed by atoms with Crippen LogP contribution in [0.25, 0.3) is 0 Å². The molecule has 1 unspecified atom stereocenters. The standard InChI is InChI=1S/C15H15ClN2S/c16-12-6-8-13(9-7-12)19-10-14(15(17)18)11-4-2-1-3-5-11/h1-9,14H,10H2,(H3,17,18). The lowest BCUT2D eigenvalue weighted by Crippen LogP contribution is -2.22. The molecule has 0 bridgehead atoms. The number of rotatable bonds is 5. The van der Waals surface area contributed by atoms with Crippen molar-refractivity contribution < 1.29 is 0 Å². The van der Waals surface area contributed by atoms with Crippen LogP contribution >= 0.6 is 23.4 Å². The third kappa shape index (κ3) is 4.01. The maximum atomic E-state index is 7.73. The summed E-state index contributed by atoms with van der Waals surface area (Å²) in [6.07, 6.45) is 0. The molecule has 0 aliphatic heterocycles. The molecular weight excluding hydrogens is 276 g/mol. The Balaban J connectivity index is 2.06. The van der Waals surface area contributed by atoms with Gasteiger partial charge in [-0.25, -0.2) is 0 Å². The van der Waals surface area contributed by atoms with Gasteiger partial charge in [0.15, 0.2) is 0 Å². The van der Waals surface area contributed by atoms with Crippen molar-refractivity contribution in [3.63, 3.8) is 0 Å². The summed E-state index contributed by atoms with van der Waals surface area (Å²) < 4.78 is 0. The van der Waals surface area contributed by atoms with Crippen molar-refractivity contribution in [2.24, 2.45) is 5.73 Å². The van der Waals surface area contributed by atoms with Crippen LogP contribution in [0.3, 0.4) is 0 Å². The molecule has 2 aromatic carbocycles. The zero-order chi connectivity index (χ0) is 13.7. The van der Waals surface area contributed by atoms with Gasteiger partial charge >= 0.3 is 0 Å². The van der Waals surface area contributed by atoms with Crippen LogP contribution in [0.2, 0.25) is 5.02 Å². The fourth-order valence-electron chi connectivity index (χ4n) is 1.76. The lowest BCUT2D eigenvalue weighted by Gasteiger charge is -2.15. The summed E-state index contributed by atoms with van der Waals surface area (Å²) in [5, 5.41) is 8.46. The molecule has 0 radical (unpaired) electrons. The summed E-state index contributed by atoms with van der Waals surface area (Å²) in [4.78, 5) is 1.13. The highest BCUT2D eigenvalue weighted by Gasteiger charge is 2.14. The number of benzene rings is 2. The number of nitrogens with two attached hydrogens (primary N) is 1. The summed E-state index contributed by atoms with van der Waals surface area (Å²) >= 11 is 7.54. The second-order valence-corrected chi connectivity index (χ2v) is 5.71. The Morgan fingerprint density at radius 2 is 1.74 bits per heavy atom. The first-order valence-electron chi connectivity index (χ1n) is 5.94. The molecule has 19 heavy (non-hydrogen) atoms. The van der Waals surface area contributed by atoms with E-state index in [2.05, 4.69) is 0 Å². The van der Waals surface area contributed by atoms with E-state index in [1.807, 2.05) is 54.6 Å². The second-order valence-electron chi connectivity index (χ2n) is 4.18. The molecule has 1 atom stereocenters. The van der Waals surface area contributed by atoms with Gasteiger partial charge in [0.25, 0.3) is 0 Å². The second kappa shape index (κ2) is 6.64. The highest BCUT2D eigenvalue weighted by Crippen LogP contribution is 2.27. The summed E-state index contributed by atoms with van der Waals surface area (Å²) in [5.41, 5.74) is 6.79. The van der Waals surface area contributed by atoms with Crippen LogP contribution in [0.15, 0.2) is 59.5 Å². The fourth-order valence-corrected chi connectivity index (χ4v) is 2.95. The molecule has 0 aromatic heterocycles. The monoisotopic (exact) mass is 290 g/mol. The van der Waals surface area contributed by atoms with Gasteiger partial charge in [0, 0.05) is 15.7 Å². The quantitative estimate of drug-likeness (QED) is 0.494. The van der Waals surface area contributed by atoms with Crippen LogP contribution in [0.1, 0.15) is 11.5 Å². The van der Waals surface area contributed by atoms with Gasteiger partial charge in [-0.2, -0.15) is 0 Å². The van der Waals surface area contributed by atoms with Crippen LogP contribution < -0.4 is 5.73 Å². The molecule has 0 fully saturated rings. The molecule has 2 rings (SSSR count). The molecule has 3 N–H and O–H groups in total. The van der Waals surface area contributed by atoms with Crippen LogP contribution in [0, 0.1) is 5.41 Å². The van der Waals surface area contributed by atoms with E-state index in [0.29, 0.717) is 0 Å². The average Bonchev–Trinajstić information content (AvgIpc) is 2.42. The lowest BCUT2D eigenvalue weighted by atomic mass is 10.0. The molecule has 4 heteroatoms. The third-order valence-electron chi connectivity index (χ3n) is 2.81. The first-order chi connectivity index (χ1) is 9.16. The highest BCUT2D eigenvalue weighted by atomic mass is 35.5. The fraction of sp³-hybridized carbons (Fsp3) is 0.133. The van der Waals surface area contributed by atoms with Gasteiger partial charge in [-0.1, -0.05) is 41.9 Å². The smallest absolute Gasteiger partial charge is 0.0990 e. The Morgan fingerprint density at radius 3 is 2.32 bits per heavy atom. The van der Waals surface area contributed by atoms with Crippen molar-refractivity contribution in [1.82, 2.24) is 0 Å². The van der Waals surface area contributed by atoms with Gasteiger partial charge in [0.2, 0.25) is 0 Å². The van der Waals surface area contributed by atoms with Crippen LogP contribution in [-0.2, 0) is 0 Å². The molecule has 98 valence electrons. The van der Waals surface area contributed by atoms with E-state index in [9.17, 15) is 0 Å². The maximum absolute atomic E-state index is 7.73. The molecule has 0 spiro atoms. The van der Waals surface area contributed by atoms with Gasteiger partial charge in [-0.05, 0) is 29.8 Å². The van der Waals surface area contributed by atoms with Crippen LogP contribution in [-0.4, -0.2) is 11.6 Å². The molecule has 2 nitrogen and oxygen atoms in total. The molecule has 0 saturated heterocycles. The van der Waals surface area contributed by atoms with E-state index in [-0.39, 0.29) is 11.8 Å². The number of thioether (sulfide) groups is 1. The van der Waals surface area contributed by atoms with Crippen molar-refractivity contribution in [1.29, 1.82) is 5.41 Å². The predicted molar refractivity (Wildman–Crippen MR) is 83.3 cm³/mol. The van der Waals surface area contributed by atoms with E-state index in [4.69, 9.17) is 22.7 Å². The molecule has 0 saturated carbocycles. The minimum Gasteiger partial charge on any atom is -0.387 e. The van der Waals surface area contributed by atoms with Crippen molar-refractivity contribution in [2.45, 2.75) is 10.8 Å².